The molecule has 0 saturated heterocycles. The number of aromatic nitrogens is 1. The zero-order valence-corrected chi connectivity index (χ0v) is 12.5. The number of hydrogen-bond acceptors (Lipinski definition) is 2. The van der Waals surface area contributed by atoms with Crippen molar-refractivity contribution in [1.29, 1.82) is 0 Å². The van der Waals surface area contributed by atoms with E-state index in [4.69, 9.17) is 4.74 Å². The first kappa shape index (κ1) is 13.6. The molecule has 0 spiro atoms. The Bertz CT molecular complexity index is 777. The minimum absolute atomic E-state index is 0.311. The van der Waals surface area contributed by atoms with Crippen molar-refractivity contribution in [3.63, 3.8) is 0 Å². The molecule has 21 heavy (non-hydrogen) atoms. The lowest BCUT2D eigenvalue weighted by Crippen LogP contribution is -2.21. The molecule has 4 heteroatoms. The molecule has 2 aromatic rings. The fraction of sp³-hybridized carbons (Fsp3) is 0.353. The van der Waals surface area contributed by atoms with Crippen molar-refractivity contribution in [2.24, 2.45) is 7.05 Å². The van der Waals surface area contributed by atoms with E-state index < -0.39 is 6.09 Å². The van der Waals surface area contributed by atoms with Crippen LogP contribution in [0.3, 0.4) is 0 Å². The van der Waals surface area contributed by atoms with E-state index in [0.717, 1.165) is 23.7 Å². The standard InChI is InChI=1S/C17H18N2O2/c1-4-5-11-6-8-13-14-10-12(21-17(20)18-2)7-9-15(14)19(3)16(11)13/h7,9-11H,6,8H2,1-3H3,(H,18,20). The zero-order valence-electron chi connectivity index (χ0n) is 12.5. The third-order valence-corrected chi connectivity index (χ3v) is 4.07. The fourth-order valence-corrected chi connectivity index (χ4v) is 3.19. The van der Waals surface area contributed by atoms with Crippen molar-refractivity contribution in [1.82, 2.24) is 9.88 Å². The van der Waals surface area contributed by atoms with Gasteiger partial charge in [0, 0.05) is 30.7 Å². The third-order valence-electron chi connectivity index (χ3n) is 4.07. The van der Waals surface area contributed by atoms with Gasteiger partial charge in [-0.25, -0.2) is 4.79 Å². The van der Waals surface area contributed by atoms with Crippen LogP contribution < -0.4 is 10.1 Å². The van der Waals surface area contributed by atoms with Gasteiger partial charge in [-0.3, -0.25) is 0 Å². The molecule has 1 atom stereocenters. The maximum Gasteiger partial charge on any atom is 0.412 e. The predicted molar refractivity (Wildman–Crippen MR) is 82.5 cm³/mol. The first-order chi connectivity index (χ1) is 10.2. The van der Waals surface area contributed by atoms with Gasteiger partial charge in [-0.1, -0.05) is 5.92 Å². The van der Waals surface area contributed by atoms with Crippen LogP contribution in [0.5, 0.6) is 5.75 Å². The highest BCUT2D eigenvalue weighted by atomic mass is 16.5. The third kappa shape index (κ3) is 2.15. The van der Waals surface area contributed by atoms with E-state index in [1.54, 1.807) is 7.05 Å². The maximum atomic E-state index is 11.3. The van der Waals surface area contributed by atoms with E-state index in [2.05, 4.69) is 28.8 Å². The topological polar surface area (TPSA) is 43.3 Å². The van der Waals surface area contributed by atoms with Gasteiger partial charge in [0.25, 0.3) is 0 Å². The van der Waals surface area contributed by atoms with Crippen molar-refractivity contribution in [2.75, 3.05) is 7.05 Å². The molecule has 1 aromatic carbocycles. The summed E-state index contributed by atoms with van der Waals surface area (Å²) in [7, 11) is 3.63. The van der Waals surface area contributed by atoms with E-state index in [0.29, 0.717) is 11.7 Å². The van der Waals surface area contributed by atoms with Gasteiger partial charge in [0.2, 0.25) is 0 Å². The molecule has 0 fully saturated rings. The Kier molecular flexibility index (Phi) is 3.34. The van der Waals surface area contributed by atoms with E-state index in [-0.39, 0.29) is 0 Å². The van der Waals surface area contributed by atoms with Crippen molar-refractivity contribution < 1.29 is 9.53 Å². The Balaban J connectivity index is 2.10. The molecular formula is C17H18N2O2. The number of aryl methyl sites for hydroxylation is 2. The van der Waals surface area contributed by atoms with E-state index >= 15 is 0 Å². The second kappa shape index (κ2) is 5.17. The normalized spacial score (nSPS) is 16.2. The Hall–Kier alpha value is -2.41. The highest BCUT2D eigenvalue weighted by molar-refractivity contribution is 5.88. The lowest BCUT2D eigenvalue weighted by Gasteiger charge is -2.07. The number of hydrogen-bond donors (Lipinski definition) is 1. The number of nitrogens with one attached hydrogen (secondary N) is 1. The molecule has 1 aliphatic carbocycles. The molecule has 1 heterocycles. The van der Waals surface area contributed by atoms with Crippen LogP contribution in [0, 0.1) is 11.8 Å². The van der Waals surface area contributed by atoms with Gasteiger partial charge in [-0.2, -0.15) is 0 Å². The van der Waals surface area contributed by atoms with Gasteiger partial charge in [0.1, 0.15) is 5.75 Å². The van der Waals surface area contributed by atoms with Crippen LogP contribution in [-0.4, -0.2) is 17.7 Å². The molecule has 3 rings (SSSR count). The Morgan fingerprint density at radius 2 is 2.29 bits per heavy atom. The minimum atomic E-state index is -0.448. The van der Waals surface area contributed by atoms with Crippen LogP contribution in [-0.2, 0) is 13.5 Å². The molecule has 0 saturated carbocycles. The SMILES string of the molecule is CC#CC1CCc2c1n(C)c1ccc(OC(=O)NC)cc21. The number of rotatable bonds is 1. The van der Waals surface area contributed by atoms with Crippen LogP contribution >= 0.6 is 0 Å². The summed E-state index contributed by atoms with van der Waals surface area (Å²) in [6.45, 7) is 1.88. The van der Waals surface area contributed by atoms with Gasteiger partial charge >= 0.3 is 6.09 Å². The van der Waals surface area contributed by atoms with E-state index in [1.807, 2.05) is 25.1 Å². The average molecular weight is 282 g/mol. The zero-order chi connectivity index (χ0) is 15.0. The average Bonchev–Trinajstić information content (AvgIpc) is 3.01. The number of nitrogens with zero attached hydrogens (tertiary/aromatic N) is 1. The molecule has 4 nitrogen and oxygen atoms in total. The number of benzene rings is 1. The summed E-state index contributed by atoms with van der Waals surface area (Å²) in [5, 5.41) is 3.62. The molecule has 1 amide bonds. The number of carbonyl (C=O) groups excluding carboxylic acids is 1. The molecule has 0 radical (unpaired) electrons. The molecular weight excluding hydrogens is 264 g/mol. The van der Waals surface area contributed by atoms with Crippen LogP contribution in [0.4, 0.5) is 4.79 Å². The van der Waals surface area contributed by atoms with Crippen LogP contribution in [0.1, 0.15) is 30.5 Å². The van der Waals surface area contributed by atoms with E-state index in [9.17, 15) is 4.79 Å². The second-order valence-corrected chi connectivity index (χ2v) is 5.23. The summed E-state index contributed by atoms with van der Waals surface area (Å²) in [5.41, 5.74) is 3.80. The molecule has 0 bridgehead atoms. The van der Waals surface area contributed by atoms with Gasteiger partial charge in [0.15, 0.2) is 0 Å². The van der Waals surface area contributed by atoms with Crippen molar-refractivity contribution >= 4 is 17.0 Å². The lowest BCUT2D eigenvalue weighted by molar-refractivity contribution is 0.203. The summed E-state index contributed by atoms with van der Waals surface area (Å²) >= 11 is 0. The van der Waals surface area contributed by atoms with Crippen LogP contribution in [0.2, 0.25) is 0 Å². The van der Waals surface area contributed by atoms with Crippen molar-refractivity contribution in [2.45, 2.75) is 25.7 Å². The Morgan fingerprint density at radius 3 is 3.00 bits per heavy atom. The fourth-order valence-electron chi connectivity index (χ4n) is 3.19. The monoisotopic (exact) mass is 282 g/mol. The second-order valence-electron chi connectivity index (χ2n) is 5.23. The van der Waals surface area contributed by atoms with Gasteiger partial charge in [-0.05, 0) is 43.5 Å². The smallest absolute Gasteiger partial charge is 0.410 e. The Morgan fingerprint density at radius 1 is 1.48 bits per heavy atom. The van der Waals surface area contributed by atoms with E-state index in [1.165, 1.54) is 11.3 Å². The maximum absolute atomic E-state index is 11.3. The highest BCUT2D eigenvalue weighted by Gasteiger charge is 2.27. The predicted octanol–water partition coefficient (Wildman–Crippen LogP) is 2.95. The van der Waals surface area contributed by atoms with Crippen molar-refractivity contribution in [3.8, 4) is 17.6 Å². The van der Waals surface area contributed by atoms with Crippen molar-refractivity contribution in [3.05, 3.63) is 29.5 Å². The summed E-state index contributed by atoms with van der Waals surface area (Å²) in [6.07, 6.45) is 1.64. The molecule has 1 N–H and O–H groups in total. The molecule has 108 valence electrons. The quantitative estimate of drug-likeness (QED) is 0.817. The van der Waals surface area contributed by atoms with Crippen LogP contribution in [0.15, 0.2) is 18.2 Å². The van der Waals surface area contributed by atoms with Crippen LogP contribution in [0.25, 0.3) is 10.9 Å². The van der Waals surface area contributed by atoms with Gasteiger partial charge in [0.05, 0.1) is 5.92 Å². The number of ether oxygens (including phenoxy) is 1. The number of amides is 1. The summed E-state index contributed by atoms with van der Waals surface area (Å²) in [5.74, 6) is 7.20. The molecule has 1 aromatic heterocycles. The largest absolute Gasteiger partial charge is 0.412 e. The number of carbonyl (C=O) groups is 1. The molecule has 1 unspecified atom stereocenters. The van der Waals surface area contributed by atoms with Gasteiger partial charge < -0.3 is 14.6 Å². The molecule has 1 aliphatic rings. The summed E-state index contributed by atoms with van der Waals surface area (Å²) in [4.78, 5) is 11.3. The lowest BCUT2D eigenvalue weighted by atomic mass is 10.1. The summed E-state index contributed by atoms with van der Waals surface area (Å²) in [6, 6.07) is 5.78. The van der Waals surface area contributed by atoms with Gasteiger partial charge in [-0.15, -0.1) is 5.92 Å². The molecule has 0 aliphatic heterocycles. The number of fused-ring (bicyclic) bond motifs is 3. The summed E-state index contributed by atoms with van der Waals surface area (Å²) < 4.78 is 7.45. The minimum Gasteiger partial charge on any atom is -0.410 e. The highest BCUT2D eigenvalue weighted by Crippen LogP contribution is 2.40. The first-order valence-electron chi connectivity index (χ1n) is 7.08. The first-order valence-corrected chi connectivity index (χ1v) is 7.08. The Labute approximate surface area is 124 Å².